The molecule has 0 saturated carbocycles. The summed E-state index contributed by atoms with van der Waals surface area (Å²) in [5.41, 5.74) is 2.22. The van der Waals surface area contributed by atoms with Crippen molar-refractivity contribution in [1.82, 2.24) is 5.32 Å². The first kappa shape index (κ1) is 20.1. The summed E-state index contributed by atoms with van der Waals surface area (Å²) in [5, 5.41) is 5.22. The molecular weight excluding hydrogens is 371 g/mol. The number of halogens is 1. The second-order valence-electron chi connectivity index (χ2n) is 6.43. The third-order valence-corrected chi connectivity index (χ3v) is 4.09. The number of hydrogen-bond donors (Lipinski definition) is 2. The van der Waals surface area contributed by atoms with Crippen LogP contribution in [0.25, 0.3) is 0 Å². The fourth-order valence-electron chi connectivity index (χ4n) is 2.65. The molecule has 0 spiro atoms. The van der Waals surface area contributed by atoms with E-state index in [-0.39, 0.29) is 24.8 Å². The molecule has 5 nitrogen and oxygen atoms in total. The van der Waals surface area contributed by atoms with Crippen molar-refractivity contribution in [1.29, 1.82) is 0 Å². The molecule has 2 amide bonds. The topological polar surface area (TPSA) is 67.4 Å². The van der Waals surface area contributed by atoms with Crippen LogP contribution in [0.5, 0.6) is 5.75 Å². The Bertz CT molecular complexity index is 959. The summed E-state index contributed by atoms with van der Waals surface area (Å²) >= 11 is 0. The van der Waals surface area contributed by atoms with Gasteiger partial charge in [0.05, 0.1) is 13.0 Å². The number of benzene rings is 3. The van der Waals surface area contributed by atoms with Crippen LogP contribution >= 0.6 is 0 Å². The molecule has 0 unspecified atom stereocenters. The number of amides is 2. The first-order valence-corrected chi connectivity index (χ1v) is 9.16. The largest absolute Gasteiger partial charge is 0.489 e. The van der Waals surface area contributed by atoms with Crippen molar-refractivity contribution in [3.63, 3.8) is 0 Å². The highest BCUT2D eigenvalue weighted by molar-refractivity contribution is 5.94. The number of ether oxygens (including phenoxy) is 1. The van der Waals surface area contributed by atoms with Gasteiger partial charge in [0.1, 0.15) is 18.2 Å². The first-order chi connectivity index (χ1) is 14.1. The van der Waals surface area contributed by atoms with Gasteiger partial charge in [0, 0.05) is 5.69 Å². The third-order valence-electron chi connectivity index (χ3n) is 4.09. The Kier molecular flexibility index (Phi) is 6.95. The number of nitrogens with one attached hydrogen (secondary N) is 2. The summed E-state index contributed by atoms with van der Waals surface area (Å²) in [6, 6.07) is 22.6. The molecule has 0 aliphatic heterocycles. The molecular formula is C23H21FN2O3. The van der Waals surface area contributed by atoms with E-state index < -0.39 is 5.82 Å². The minimum atomic E-state index is -0.399. The third kappa shape index (κ3) is 6.77. The number of carbonyl (C=O) groups is 2. The second-order valence-corrected chi connectivity index (χ2v) is 6.43. The molecule has 148 valence electrons. The van der Waals surface area contributed by atoms with E-state index in [0.717, 1.165) is 5.56 Å². The lowest BCUT2D eigenvalue weighted by molar-refractivity contribution is -0.123. The standard InChI is InChI=1S/C23H21FN2O3/c24-19-8-4-7-18(13-19)14-22(27)25-15-23(28)26-20-9-11-21(12-10-20)29-16-17-5-2-1-3-6-17/h1-13H,14-16H2,(H,25,27)(H,26,28). The summed E-state index contributed by atoms with van der Waals surface area (Å²) < 4.78 is 18.8. The van der Waals surface area contributed by atoms with Gasteiger partial charge in [-0.2, -0.15) is 0 Å². The Morgan fingerprint density at radius 1 is 0.828 bits per heavy atom. The van der Waals surface area contributed by atoms with Gasteiger partial charge >= 0.3 is 0 Å². The normalized spacial score (nSPS) is 10.2. The average Bonchev–Trinajstić information content (AvgIpc) is 2.73. The van der Waals surface area contributed by atoms with Gasteiger partial charge in [0.2, 0.25) is 11.8 Å². The van der Waals surface area contributed by atoms with Gasteiger partial charge in [-0.3, -0.25) is 9.59 Å². The van der Waals surface area contributed by atoms with Gasteiger partial charge in [0.15, 0.2) is 0 Å². The van der Waals surface area contributed by atoms with Crippen LogP contribution in [-0.2, 0) is 22.6 Å². The van der Waals surface area contributed by atoms with E-state index >= 15 is 0 Å². The van der Waals surface area contributed by atoms with Crippen LogP contribution in [0.3, 0.4) is 0 Å². The van der Waals surface area contributed by atoms with Gasteiger partial charge < -0.3 is 15.4 Å². The Morgan fingerprint density at radius 3 is 2.28 bits per heavy atom. The zero-order valence-electron chi connectivity index (χ0n) is 15.7. The van der Waals surface area contributed by atoms with Crippen LogP contribution in [0, 0.1) is 5.82 Å². The van der Waals surface area contributed by atoms with Gasteiger partial charge in [0.25, 0.3) is 0 Å². The Labute approximate surface area is 168 Å². The molecule has 0 saturated heterocycles. The van der Waals surface area contributed by atoms with Crippen LogP contribution in [0.2, 0.25) is 0 Å². The van der Waals surface area contributed by atoms with Gasteiger partial charge in [-0.05, 0) is 47.5 Å². The summed E-state index contributed by atoms with van der Waals surface area (Å²) in [7, 11) is 0. The van der Waals surface area contributed by atoms with E-state index in [9.17, 15) is 14.0 Å². The van der Waals surface area contributed by atoms with Crippen molar-refractivity contribution in [2.75, 3.05) is 11.9 Å². The maximum absolute atomic E-state index is 13.1. The highest BCUT2D eigenvalue weighted by Crippen LogP contribution is 2.17. The molecule has 2 N–H and O–H groups in total. The zero-order valence-corrected chi connectivity index (χ0v) is 15.7. The van der Waals surface area contributed by atoms with Crippen molar-refractivity contribution in [3.05, 3.63) is 95.8 Å². The molecule has 6 heteroatoms. The minimum absolute atomic E-state index is 0.0124. The smallest absolute Gasteiger partial charge is 0.243 e. The highest BCUT2D eigenvalue weighted by atomic mass is 19.1. The zero-order chi connectivity index (χ0) is 20.5. The lowest BCUT2D eigenvalue weighted by Crippen LogP contribution is -2.33. The molecule has 3 aromatic carbocycles. The van der Waals surface area contributed by atoms with Crippen molar-refractivity contribution < 1.29 is 18.7 Å². The van der Waals surface area contributed by atoms with E-state index in [2.05, 4.69) is 10.6 Å². The lowest BCUT2D eigenvalue weighted by Gasteiger charge is -2.09. The van der Waals surface area contributed by atoms with Crippen molar-refractivity contribution in [2.24, 2.45) is 0 Å². The van der Waals surface area contributed by atoms with Gasteiger partial charge in [-0.15, -0.1) is 0 Å². The number of carbonyl (C=O) groups excluding carboxylic acids is 2. The van der Waals surface area contributed by atoms with Crippen molar-refractivity contribution in [3.8, 4) is 5.75 Å². The summed E-state index contributed by atoms with van der Waals surface area (Å²) in [5.74, 6) is -0.412. The van der Waals surface area contributed by atoms with Crippen LogP contribution in [0.15, 0.2) is 78.9 Å². The van der Waals surface area contributed by atoms with Crippen molar-refractivity contribution in [2.45, 2.75) is 13.0 Å². The molecule has 3 rings (SSSR count). The summed E-state index contributed by atoms with van der Waals surface area (Å²) in [6.07, 6.45) is 0.0124. The molecule has 0 aromatic heterocycles. The molecule has 29 heavy (non-hydrogen) atoms. The number of rotatable bonds is 8. The SMILES string of the molecule is O=C(Cc1cccc(F)c1)NCC(=O)Nc1ccc(OCc2ccccc2)cc1. The predicted molar refractivity (Wildman–Crippen MR) is 109 cm³/mol. The fraction of sp³-hybridized carbons (Fsp3) is 0.130. The molecule has 0 aliphatic carbocycles. The van der Waals surface area contributed by atoms with E-state index in [1.165, 1.54) is 18.2 Å². The maximum Gasteiger partial charge on any atom is 0.243 e. The summed E-state index contributed by atoms with van der Waals surface area (Å²) in [6.45, 7) is 0.296. The van der Waals surface area contributed by atoms with E-state index in [1.54, 1.807) is 30.3 Å². The maximum atomic E-state index is 13.1. The average molecular weight is 392 g/mol. The van der Waals surface area contributed by atoms with E-state index in [1.807, 2.05) is 30.3 Å². The van der Waals surface area contributed by atoms with Gasteiger partial charge in [-0.25, -0.2) is 4.39 Å². The summed E-state index contributed by atoms with van der Waals surface area (Å²) in [4.78, 5) is 23.9. The molecule has 0 atom stereocenters. The molecule has 0 aliphatic rings. The van der Waals surface area contributed by atoms with Crippen molar-refractivity contribution >= 4 is 17.5 Å². The monoisotopic (exact) mass is 392 g/mol. The molecule has 0 fully saturated rings. The second kappa shape index (κ2) is 10.0. The number of anilines is 1. The number of hydrogen-bond acceptors (Lipinski definition) is 3. The van der Waals surface area contributed by atoms with Crippen LogP contribution in [0.1, 0.15) is 11.1 Å². The van der Waals surface area contributed by atoms with Crippen LogP contribution < -0.4 is 15.4 Å². The fourth-order valence-corrected chi connectivity index (χ4v) is 2.65. The van der Waals surface area contributed by atoms with Gasteiger partial charge in [-0.1, -0.05) is 42.5 Å². The molecule has 0 bridgehead atoms. The molecule has 0 radical (unpaired) electrons. The highest BCUT2D eigenvalue weighted by Gasteiger charge is 2.08. The van der Waals surface area contributed by atoms with Crippen LogP contribution in [0.4, 0.5) is 10.1 Å². The Morgan fingerprint density at radius 2 is 1.55 bits per heavy atom. The van der Waals surface area contributed by atoms with E-state index in [4.69, 9.17) is 4.74 Å². The Hall–Kier alpha value is -3.67. The molecule has 3 aromatic rings. The van der Waals surface area contributed by atoms with Crippen LogP contribution in [-0.4, -0.2) is 18.4 Å². The Balaban J connectivity index is 1.41. The minimum Gasteiger partial charge on any atom is -0.489 e. The quantitative estimate of drug-likeness (QED) is 0.614. The first-order valence-electron chi connectivity index (χ1n) is 9.16. The molecule has 0 heterocycles. The predicted octanol–water partition coefficient (Wildman–Crippen LogP) is 3.70. The van der Waals surface area contributed by atoms with E-state index in [0.29, 0.717) is 23.6 Å². The lowest BCUT2D eigenvalue weighted by atomic mass is 10.1.